The van der Waals surface area contributed by atoms with Gasteiger partial charge < -0.3 is 0 Å². The summed E-state index contributed by atoms with van der Waals surface area (Å²) in [6.07, 6.45) is 11.2. The second kappa shape index (κ2) is 9.26. The number of amides is 1. The molecule has 2 aromatic rings. The van der Waals surface area contributed by atoms with Crippen LogP contribution in [0.1, 0.15) is 86.5 Å². The number of aryl methyl sites for hydroxylation is 1. The van der Waals surface area contributed by atoms with Crippen molar-refractivity contribution in [2.24, 2.45) is 0 Å². The zero-order valence-electron chi connectivity index (χ0n) is 19.0. The van der Waals surface area contributed by atoms with Gasteiger partial charge in [0.25, 0.3) is 0 Å². The average molecular weight is 437 g/mol. The largest absolute Gasteiger partial charge is 0.292 e. The van der Waals surface area contributed by atoms with E-state index in [2.05, 4.69) is 4.90 Å². The Hall–Kier alpha value is -2.34. The van der Waals surface area contributed by atoms with Gasteiger partial charge in [-0.1, -0.05) is 37.8 Å². The summed E-state index contributed by atoms with van der Waals surface area (Å²) in [5.74, 6) is 1.37. The van der Waals surface area contributed by atoms with Crippen molar-refractivity contribution in [3.8, 4) is 0 Å². The molecular weight excluding hydrogens is 403 g/mol. The van der Waals surface area contributed by atoms with Crippen molar-refractivity contribution >= 4 is 11.7 Å². The summed E-state index contributed by atoms with van der Waals surface area (Å²) in [5.41, 5.74) is 2.82. The number of halogens is 1. The van der Waals surface area contributed by atoms with Crippen LogP contribution in [-0.2, 0) is 17.8 Å². The number of carbonyl (C=O) groups excluding carboxylic acids is 1. The number of anilines is 1. The van der Waals surface area contributed by atoms with E-state index in [1.54, 1.807) is 11.0 Å². The lowest BCUT2D eigenvalue weighted by Gasteiger charge is -2.34. The molecule has 1 aliphatic carbocycles. The molecule has 2 aliphatic heterocycles. The van der Waals surface area contributed by atoms with E-state index in [1.807, 2.05) is 13.0 Å². The highest BCUT2D eigenvalue weighted by atomic mass is 19.1. The fourth-order valence-corrected chi connectivity index (χ4v) is 5.83. The van der Waals surface area contributed by atoms with Gasteiger partial charge in [-0.2, -0.15) is 0 Å². The molecule has 3 heterocycles. The molecule has 1 saturated carbocycles. The summed E-state index contributed by atoms with van der Waals surface area (Å²) in [4.78, 5) is 27.3. The van der Waals surface area contributed by atoms with Crippen molar-refractivity contribution in [3.63, 3.8) is 0 Å². The third kappa shape index (κ3) is 4.29. The van der Waals surface area contributed by atoms with Crippen molar-refractivity contribution in [1.82, 2.24) is 14.9 Å². The van der Waals surface area contributed by atoms with Crippen LogP contribution in [0.3, 0.4) is 0 Å². The van der Waals surface area contributed by atoms with Crippen LogP contribution in [0.25, 0.3) is 0 Å². The molecule has 0 spiro atoms. The Morgan fingerprint density at radius 2 is 1.84 bits per heavy atom. The number of fused-ring (bicyclic) bond motifs is 1. The minimum Gasteiger partial charge on any atom is -0.292 e. The lowest BCUT2D eigenvalue weighted by molar-refractivity contribution is -0.119. The standard InChI is InChI=1S/C26H33FN4O/c1-18-22-13-14-24(32)31(17-19-8-6-9-20(27)16-19)26(22)29-25(28-18)23-12-7-15-30(23)21-10-4-2-3-5-11-21/h6,8-9,16,21,23H,2-5,7,10-15,17H2,1H3/t23-/m0/s1. The lowest BCUT2D eigenvalue weighted by atomic mass is 10.0. The first kappa shape index (κ1) is 21.5. The molecule has 1 aromatic carbocycles. The summed E-state index contributed by atoms with van der Waals surface area (Å²) in [7, 11) is 0. The second-order valence-electron chi connectivity index (χ2n) is 9.62. The Bertz CT molecular complexity index is 986. The lowest BCUT2D eigenvalue weighted by Crippen LogP contribution is -2.38. The number of nitrogens with zero attached hydrogens (tertiary/aromatic N) is 4. The molecule has 32 heavy (non-hydrogen) atoms. The predicted molar refractivity (Wildman–Crippen MR) is 123 cm³/mol. The summed E-state index contributed by atoms with van der Waals surface area (Å²) >= 11 is 0. The van der Waals surface area contributed by atoms with Crippen molar-refractivity contribution in [2.45, 2.75) is 89.8 Å². The molecule has 0 bridgehead atoms. The van der Waals surface area contributed by atoms with Gasteiger partial charge in [-0.3, -0.25) is 14.6 Å². The number of rotatable bonds is 4. The van der Waals surface area contributed by atoms with E-state index < -0.39 is 0 Å². The highest BCUT2D eigenvalue weighted by Gasteiger charge is 2.36. The topological polar surface area (TPSA) is 49.3 Å². The van der Waals surface area contributed by atoms with Crippen molar-refractivity contribution in [1.29, 1.82) is 0 Å². The fourth-order valence-electron chi connectivity index (χ4n) is 5.83. The van der Waals surface area contributed by atoms with Crippen LogP contribution < -0.4 is 4.90 Å². The molecule has 1 aromatic heterocycles. The zero-order chi connectivity index (χ0) is 22.1. The SMILES string of the molecule is Cc1nc([C@@H]2CCCN2C2CCCCCC2)nc2c1CCC(=O)N2Cc1cccc(F)c1. The molecule has 2 fully saturated rings. The van der Waals surface area contributed by atoms with Gasteiger partial charge in [-0.15, -0.1) is 0 Å². The summed E-state index contributed by atoms with van der Waals surface area (Å²) in [6.45, 7) is 3.50. The molecule has 5 nitrogen and oxygen atoms in total. The van der Waals surface area contributed by atoms with E-state index in [-0.39, 0.29) is 17.8 Å². The average Bonchev–Trinajstić information content (AvgIpc) is 3.11. The van der Waals surface area contributed by atoms with Gasteiger partial charge in [0, 0.05) is 23.7 Å². The third-order valence-corrected chi connectivity index (χ3v) is 7.47. The summed E-state index contributed by atoms with van der Waals surface area (Å²) < 4.78 is 13.8. The maximum Gasteiger partial charge on any atom is 0.228 e. The van der Waals surface area contributed by atoms with Gasteiger partial charge in [-0.05, 0) is 63.3 Å². The van der Waals surface area contributed by atoms with E-state index in [4.69, 9.17) is 9.97 Å². The normalized spacial score (nSPS) is 22.8. The van der Waals surface area contributed by atoms with E-state index in [0.29, 0.717) is 25.4 Å². The van der Waals surface area contributed by atoms with Gasteiger partial charge in [0.05, 0.1) is 12.6 Å². The molecule has 6 heteroatoms. The molecule has 170 valence electrons. The first-order chi connectivity index (χ1) is 15.6. The highest BCUT2D eigenvalue weighted by molar-refractivity contribution is 5.95. The number of hydrogen-bond acceptors (Lipinski definition) is 4. The highest BCUT2D eigenvalue weighted by Crippen LogP contribution is 2.38. The minimum absolute atomic E-state index is 0.0536. The van der Waals surface area contributed by atoms with Crippen LogP contribution >= 0.6 is 0 Å². The number of benzene rings is 1. The molecule has 1 saturated heterocycles. The Labute approximate surface area is 190 Å². The summed E-state index contributed by atoms with van der Waals surface area (Å²) in [5, 5.41) is 0. The van der Waals surface area contributed by atoms with Crippen LogP contribution in [0, 0.1) is 12.7 Å². The predicted octanol–water partition coefficient (Wildman–Crippen LogP) is 5.26. The monoisotopic (exact) mass is 436 g/mol. The Morgan fingerprint density at radius 1 is 1.03 bits per heavy atom. The van der Waals surface area contributed by atoms with Gasteiger partial charge in [-0.25, -0.2) is 14.4 Å². The van der Waals surface area contributed by atoms with E-state index in [9.17, 15) is 9.18 Å². The number of carbonyl (C=O) groups is 1. The number of aromatic nitrogens is 2. The summed E-state index contributed by atoms with van der Waals surface area (Å²) in [6, 6.07) is 7.35. The van der Waals surface area contributed by atoms with Crippen LogP contribution in [0.15, 0.2) is 24.3 Å². The molecule has 1 amide bonds. The van der Waals surface area contributed by atoms with Gasteiger partial charge >= 0.3 is 0 Å². The minimum atomic E-state index is -0.281. The first-order valence-electron chi connectivity index (χ1n) is 12.3. The Balaban J connectivity index is 1.47. The van der Waals surface area contributed by atoms with Crippen molar-refractivity contribution in [2.75, 3.05) is 11.4 Å². The molecule has 5 rings (SSSR count). The first-order valence-corrected chi connectivity index (χ1v) is 12.3. The molecule has 1 atom stereocenters. The molecule has 3 aliphatic rings. The quantitative estimate of drug-likeness (QED) is 0.613. The van der Waals surface area contributed by atoms with Crippen LogP contribution in [0.2, 0.25) is 0 Å². The van der Waals surface area contributed by atoms with E-state index >= 15 is 0 Å². The van der Waals surface area contributed by atoms with Crippen molar-refractivity contribution < 1.29 is 9.18 Å². The van der Waals surface area contributed by atoms with Crippen LogP contribution in [0.4, 0.5) is 10.2 Å². The third-order valence-electron chi connectivity index (χ3n) is 7.47. The number of likely N-dealkylation sites (tertiary alicyclic amines) is 1. The number of hydrogen-bond donors (Lipinski definition) is 0. The Morgan fingerprint density at radius 3 is 2.62 bits per heavy atom. The molecular formula is C26H33FN4O. The smallest absolute Gasteiger partial charge is 0.228 e. The van der Waals surface area contributed by atoms with Gasteiger partial charge in [0.2, 0.25) is 5.91 Å². The van der Waals surface area contributed by atoms with Crippen molar-refractivity contribution in [3.05, 3.63) is 52.7 Å². The fraction of sp³-hybridized carbons (Fsp3) is 0.577. The van der Waals surface area contributed by atoms with Crippen LogP contribution in [-0.4, -0.2) is 33.4 Å². The van der Waals surface area contributed by atoms with E-state index in [1.165, 1.54) is 57.1 Å². The van der Waals surface area contributed by atoms with Gasteiger partial charge in [0.1, 0.15) is 17.5 Å². The van der Waals surface area contributed by atoms with Crippen LogP contribution in [0.5, 0.6) is 0 Å². The zero-order valence-corrected chi connectivity index (χ0v) is 19.0. The Kier molecular flexibility index (Phi) is 6.22. The van der Waals surface area contributed by atoms with E-state index in [0.717, 1.165) is 41.4 Å². The maximum absolute atomic E-state index is 13.8. The molecule has 0 N–H and O–H groups in total. The maximum atomic E-state index is 13.8. The second-order valence-corrected chi connectivity index (χ2v) is 9.62. The van der Waals surface area contributed by atoms with Gasteiger partial charge in [0.15, 0.2) is 0 Å². The molecule has 0 unspecified atom stereocenters. The molecule has 0 radical (unpaired) electrons.